The fourth-order valence-electron chi connectivity index (χ4n) is 2.48. The Morgan fingerprint density at radius 3 is 2.64 bits per heavy atom. The van der Waals surface area contributed by atoms with Crippen LogP contribution < -0.4 is 10.2 Å². The van der Waals surface area contributed by atoms with Crippen molar-refractivity contribution in [3.63, 3.8) is 0 Å². The minimum Gasteiger partial charge on any atom is -0.345 e. The third-order valence-electron chi connectivity index (χ3n) is 3.53. The third-order valence-corrected chi connectivity index (χ3v) is 4.26. The highest BCUT2D eigenvalue weighted by atomic mass is 35.5. The molecule has 0 fully saturated rings. The highest BCUT2D eigenvalue weighted by Gasteiger charge is 2.28. The summed E-state index contributed by atoms with van der Waals surface area (Å²) in [5.74, 6) is -0.0828. The van der Waals surface area contributed by atoms with E-state index in [0.29, 0.717) is 27.8 Å². The smallest absolute Gasteiger partial charge is 0.334 e. The molecule has 0 radical (unpaired) electrons. The number of hydrogen-bond donors (Lipinski definition) is 1. The maximum Gasteiger partial charge on any atom is 0.334 e. The summed E-state index contributed by atoms with van der Waals surface area (Å²) in [5, 5.41) is 18.9. The average Bonchev–Trinajstić information content (AvgIpc) is 2.87. The van der Waals surface area contributed by atoms with E-state index < -0.39 is 4.92 Å². The topological polar surface area (TPSA) is 93.3 Å². The minimum atomic E-state index is -0.478. The van der Waals surface area contributed by atoms with Crippen molar-refractivity contribution in [2.75, 3.05) is 23.8 Å². The molecule has 1 amide bonds. The van der Waals surface area contributed by atoms with Gasteiger partial charge in [-0.3, -0.25) is 14.9 Å². The lowest BCUT2D eigenvalue weighted by molar-refractivity contribution is -0.384. The van der Waals surface area contributed by atoms with Crippen molar-refractivity contribution in [2.24, 2.45) is 7.05 Å². The van der Waals surface area contributed by atoms with Gasteiger partial charge in [-0.2, -0.15) is 5.10 Å². The van der Waals surface area contributed by atoms with Gasteiger partial charge in [0.2, 0.25) is 11.7 Å². The highest BCUT2D eigenvalue weighted by Crippen LogP contribution is 2.31. The number of anilines is 2. The summed E-state index contributed by atoms with van der Waals surface area (Å²) in [5.41, 5.74) is 0.774. The Bertz CT molecular complexity index is 822. The number of nitro groups is 1. The normalized spacial score (nSPS) is 10.6. The van der Waals surface area contributed by atoms with Crippen LogP contribution in [0.1, 0.15) is 12.6 Å². The molecule has 1 aromatic carbocycles. The van der Waals surface area contributed by atoms with Crippen molar-refractivity contribution >= 4 is 46.3 Å². The first kappa shape index (κ1) is 19.0. The van der Waals surface area contributed by atoms with Crippen LogP contribution in [0, 0.1) is 10.1 Å². The van der Waals surface area contributed by atoms with E-state index in [1.807, 2.05) is 0 Å². The standard InChI is InChI=1S/C15H17Cl2N5O3/c1-4-12-14(22(24)25)15(21(3)19-12)20(2)8-13(23)18-9-5-6-10(16)11(17)7-9/h5-7H,4,8H2,1-3H3,(H,18,23). The summed E-state index contributed by atoms with van der Waals surface area (Å²) >= 11 is 11.7. The quantitative estimate of drug-likeness (QED) is 0.608. The number of nitrogens with one attached hydrogen (secondary N) is 1. The first-order valence-corrected chi connectivity index (χ1v) is 8.16. The van der Waals surface area contributed by atoms with Crippen LogP contribution in [0.15, 0.2) is 18.2 Å². The molecule has 0 spiro atoms. The second-order valence-electron chi connectivity index (χ2n) is 5.39. The third kappa shape index (κ3) is 4.21. The molecule has 1 N–H and O–H groups in total. The molecule has 0 atom stereocenters. The van der Waals surface area contributed by atoms with E-state index in [0.717, 1.165) is 0 Å². The fourth-order valence-corrected chi connectivity index (χ4v) is 2.77. The number of hydrogen-bond acceptors (Lipinski definition) is 5. The second-order valence-corrected chi connectivity index (χ2v) is 6.20. The number of carbonyl (C=O) groups excluding carboxylic acids is 1. The molecule has 0 bridgehead atoms. The molecule has 2 aromatic rings. The van der Waals surface area contributed by atoms with E-state index in [4.69, 9.17) is 23.2 Å². The van der Waals surface area contributed by atoms with Crippen molar-refractivity contribution in [3.8, 4) is 0 Å². The van der Waals surface area contributed by atoms with Crippen LogP contribution in [0.5, 0.6) is 0 Å². The van der Waals surface area contributed by atoms with E-state index in [9.17, 15) is 14.9 Å². The molecule has 134 valence electrons. The van der Waals surface area contributed by atoms with Crippen LogP contribution in [-0.2, 0) is 18.3 Å². The molecule has 2 rings (SSSR count). The monoisotopic (exact) mass is 385 g/mol. The summed E-state index contributed by atoms with van der Waals surface area (Å²) in [6, 6.07) is 4.72. The zero-order chi connectivity index (χ0) is 18.7. The average molecular weight is 386 g/mol. The summed E-state index contributed by atoms with van der Waals surface area (Å²) in [4.78, 5) is 24.6. The van der Waals surface area contributed by atoms with Crippen molar-refractivity contribution in [1.82, 2.24) is 9.78 Å². The van der Waals surface area contributed by atoms with E-state index in [1.54, 1.807) is 33.2 Å². The molecule has 0 unspecified atom stereocenters. The molecular formula is C15H17Cl2N5O3. The zero-order valence-electron chi connectivity index (χ0n) is 13.9. The van der Waals surface area contributed by atoms with Gasteiger partial charge >= 0.3 is 5.69 Å². The Morgan fingerprint density at radius 1 is 1.40 bits per heavy atom. The van der Waals surface area contributed by atoms with Crippen molar-refractivity contribution in [2.45, 2.75) is 13.3 Å². The van der Waals surface area contributed by atoms with Gasteiger partial charge in [0, 0.05) is 19.8 Å². The van der Waals surface area contributed by atoms with E-state index in [2.05, 4.69) is 10.4 Å². The Morgan fingerprint density at radius 2 is 2.08 bits per heavy atom. The number of aromatic nitrogens is 2. The maximum atomic E-state index is 12.2. The summed E-state index contributed by atoms with van der Waals surface area (Å²) in [6.45, 7) is 1.69. The van der Waals surface area contributed by atoms with Gasteiger partial charge in [-0.05, 0) is 24.6 Å². The lowest BCUT2D eigenvalue weighted by Crippen LogP contribution is -2.31. The maximum absolute atomic E-state index is 12.2. The molecule has 8 nitrogen and oxygen atoms in total. The molecule has 10 heteroatoms. The van der Waals surface area contributed by atoms with Gasteiger partial charge in [0.1, 0.15) is 5.69 Å². The summed E-state index contributed by atoms with van der Waals surface area (Å²) in [6.07, 6.45) is 0.424. The first-order chi connectivity index (χ1) is 11.7. The largest absolute Gasteiger partial charge is 0.345 e. The first-order valence-electron chi connectivity index (χ1n) is 7.40. The number of likely N-dealkylation sites (N-methyl/N-ethyl adjacent to an activating group) is 1. The Labute approximate surface area is 154 Å². The lowest BCUT2D eigenvalue weighted by atomic mass is 10.3. The van der Waals surface area contributed by atoms with Crippen LogP contribution >= 0.6 is 23.2 Å². The molecule has 0 saturated carbocycles. The van der Waals surface area contributed by atoms with Gasteiger partial charge in [0.05, 0.1) is 21.5 Å². The van der Waals surface area contributed by atoms with Crippen LogP contribution in [0.25, 0.3) is 0 Å². The highest BCUT2D eigenvalue weighted by molar-refractivity contribution is 6.42. The Balaban J connectivity index is 2.17. The second kappa shape index (κ2) is 7.71. The summed E-state index contributed by atoms with van der Waals surface area (Å²) in [7, 11) is 3.20. The number of halogens is 2. The molecule has 0 aliphatic rings. The summed E-state index contributed by atoms with van der Waals surface area (Å²) < 4.78 is 1.41. The van der Waals surface area contributed by atoms with Crippen LogP contribution in [0.2, 0.25) is 10.0 Å². The molecule has 0 saturated heterocycles. The van der Waals surface area contributed by atoms with Gasteiger partial charge in [-0.15, -0.1) is 0 Å². The van der Waals surface area contributed by atoms with Crippen LogP contribution in [-0.4, -0.2) is 34.2 Å². The van der Waals surface area contributed by atoms with Crippen molar-refractivity contribution in [3.05, 3.63) is 44.1 Å². The SMILES string of the molecule is CCc1nn(C)c(N(C)CC(=O)Nc2ccc(Cl)c(Cl)c2)c1[N+](=O)[O-]. The molecule has 1 heterocycles. The van der Waals surface area contributed by atoms with E-state index in [-0.39, 0.29) is 24.0 Å². The number of benzene rings is 1. The number of carbonyl (C=O) groups is 1. The van der Waals surface area contributed by atoms with Crippen molar-refractivity contribution in [1.29, 1.82) is 0 Å². The minimum absolute atomic E-state index is 0.0881. The molecule has 1 aromatic heterocycles. The number of nitrogens with zero attached hydrogens (tertiary/aromatic N) is 4. The Kier molecular flexibility index (Phi) is 5.86. The van der Waals surface area contributed by atoms with Gasteiger partial charge in [-0.25, -0.2) is 4.68 Å². The van der Waals surface area contributed by atoms with E-state index >= 15 is 0 Å². The van der Waals surface area contributed by atoms with Gasteiger partial charge < -0.3 is 10.2 Å². The zero-order valence-corrected chi connectivity index (χ0v) is 15.4. The lowest BCUT2D eigenvalue weighted by Gasteiger charge is -2.18. The van der Waals surface area contributed by atoms with E-state index in [1.165, 1.54) is 15.6 Å². The van der Waals surface area contributed by atoms with Gasteiger partial charge in [0.25, 0.3) is 0 Å². The fraction of sp³-hybridized carbons (Fsp3) is 0.333. The van der Waals surface area contributed by atoms with Gasteiger partial charge in [-0.1, -0.05) is 30.1 Å². The number of aryl methyl sites for hydroxylation is 2. The van der Waals surface area contributed by atoms with Gasteiger partial charge in [0.15, 0.2) is 0 Å². The van der Waals surface area contributed by atoms with Crippen LogP contribution in [0.4, 0.5) is 17.2 Å². The number of rotatable bonds is 6. The van der Waals surface area contributed by atoms with Crippen molar-refractivity contribution < 1.29 is 9.72 Å². The molecule has 25 heavy (non-hydrogen) atoms. The molecule has 0 aliphatic carbocycles. The predicted molar refractivity (Wildman–Crippen MR) is 97.6 cm³/mol. The molecular weight excluding hydrogens is 369 g/mol. The Hall–Kier alpha value is -2.32. The number of amides is 1. The molecule has 0 aliphatic heterocycles. The van der Waals surface area contributed by atoms with Crippen LogP contribution in [0.3, 0.4) is 0 Å². The predicted octanol–water partition coefficient (Wildman–Crippen LogP) is 3.27.